The number of nitrogens with zero attached hydrogens (tertiary/aromatic N) is 3. The van der Waals surface area contributed by atoms with Gasteiger partial charge in [0, 0.05) is 24.5 Å². The quantitative estimate of drug-likeness (QED) is 0.533. The van der Waals surface area contributed by atoms with Gasteiger partial charge in [-0.05, 0) is 43.6 Å². The number of hydrogen-bond donors (Lipinski definition) is 0. The number of piperidine rings is 1. The molecule has 5 nitrogen and oxygen atoms in total. The Morgan fingerprint density at radius 1 is 1.25 bits per heavy atom. The van der Waals surface area contributed by atoms with Crippen LogP contribution in [0.2, 0.25) is 0 Å². The molecule has 0 N–H and O–H groups in total. The average Bonchev–Trinajstić information content (AvgIpc) is 2.88. The van der Waals surface area contributed by atoms with Crippen LogP contribution in [0.3, 0.4) is 0 Å². The van der Waals surface area contributed by atoms with Crippen molar-refractivity contribution in [1.82, 2.24) is 14.5 Å². The van der Waals surface area contributed by atoms with Crippen LogP contribution in [0.1, 0.15) is 44.6 Å². The van der Waals surface area contributed by atoms with Gasteiger partial charge in [0.25, 0.3) is 5.56 Å². The third kappa shape index (κ3) is 4.46. The first kappa shape index (κ1) is 21.4. The molecule has 0 radical (unpaired) electrons. The molecular weight excluding hydrogens is 390 g/mol. The molecule has 2 aromatic heterocycles. The highest BCUT2D eigenvalue weighted by molar-refractivity contribution is 7.99. The van der Waals surface area contributed by atoms with Crippen molar-refractivity contribution in [2.24, 2.45) is 17.8 Å². The molecule has 0 spiro atoms. The van der Waals surface area contributed by atoms with E-state index in [0.717, 1.165) is 33.7 Å². The van der Waals surface area contributed by atoms with E-state index in [1.807, 2.05) is 18.7 Å². The minimum Gasteiger partial charge on any atom is -0.341 e. The molecule has 2 atom stereocenters. The second kappa shape index (κ2) is 8.57. The number of carbonyl (C=O) groups excluding carboxylic acids is 1. The number of thiophene rings is 1. The van der Waals surface area contributed by atoms with Gasteiger partial charge in [0.15, 0.2) is 5.16 Å². The van der Waals surface area contributed by atoms with E-state index in [4.69, 9.17) is 4.98 Å². The maximum Gasteiger partial charge on any atom is 0.263 e. The van der Waals surface area contributed by atoms with Gasteiger partial charge in [-0.2, -0.15) is 0 Å². The first-order valence-electron chi connectivity index (χ1n) is 10.1. The maximum atomic E-state index is 13.2. The average molecular weight is 422 g/mol. The zero-order valence-corrected chi connectivity index (χ0v) is 19.4. The number of rotatable bonds is 5. The van der Waals surface area contributed by atoms with Crippen LogP contribution >= 0.6 is 23.1 Å². The fraction of sp³-hybridized carbons (Fsp3) is 0.667. The summed E-state index contributed by atoms with van der Waals surface area (Å²) >= 11 is 2.97. The Labute approximate surface area is 175 Å². The van der Waals surface area contributed by atoms with Crippen LogP contribution in [-0.2, 0) is 11.3 Å². The minimum atomic E-state index is 0.0238. The normalized spacial score (nSPS) is 20.3. The second-order valence-corrected chi connectivity index (χ2v) is 10.8. The van der Waals surface area contributed by atoms with Gasteiger partial charge in [-0.3, -0.25) is 14.2 Å². The molecule has 0 unspecified atom stereocenters. The Hall–Kier alpha value is -1.34. The van der Waals surface area contributed by atoms with Crippen LogP contribution in [0.5, 0.6) is 0 Å². The topological polar surface area (TPSA) is 55.2 Å². The molecule has 0 aromatic carbocycles. The largest absolute Gasteiger partial charge is 0.341 e. The lowest BCUT2D eigenvalue weighted by atomic mass is 9.92. The van der Waals surface area contributed by atoms with Crippen LogP contribution in [0.25, 0.3) is 10.2 Å². The summed E-state index contributed by atoms with van der Waals surface area (Å²) in [4.78, 5) is 34.7. The summed E-state index contributed by atoms with van der Waals surface area (Å²) in [6.45, 7) is 14.9. The predicted octanol–water partition coefficient (Wildman–Crippen LogP) is 4.33. The second-order valence-electron chi connectivity index (χ2n) is 8.70. The number of fused-ring (bicyclic) bond motifs is 1. The van der Waals surface area contributed by atoms with Gasteiger partial charge < -0.3 is 4.90 Å². The molecular formula is C21H31N3O2S2. The fourth-order valence-corrected chi connectivity index (χ4v) is 6.01. The first-order chi connectivity index (χ1) is 13.2. The standard InChI is InChI=1S/C21H31N3O2S2/c1-12(2)8-24-20(26)18-15(5)16(6)28-19(18)22-21(24)27-11-17(25)23-9-13(3)7-14(4)10-23/h12-14H,7-11H2,1-6H3/t13-,14-/m1/s1. The van der Waals surface area contributed by atoms with Crippen molar-refractivity contribution in [3.05, 3.63) is 20.8 Å². The summed E-state index contributed by atoms with van der Waals surface area (Å²) in [7, 11) is 0. The van der Waals surface area contributed by atoms with E-state index >= 15 is 0 Å². The molecule has 154 valence electrons. The Kier molecular flexibility index (Phi) is 6.54. The molecule has 0 aliphatic carbocycles. The Balaban J connectivity index is 1.87. The molecule has 1 aliphatic heterocycles. The van der Waals surface area contributed by atoms with Crippen LogP contribution in [0, 0.1) is 31.6 Å². The number of aromatic nitrogens is 2. The fourth-order valence-electron chi connectivity index (χ4n) is 4.03. The number of hydrogen-bond acceptors (Lipinski definition) is 5. The highest BCUT2D eigenvalue weighted by atomic mass is 32.2. The van der Waals surface area contributed by atoms with Crippen molar-refractivity contribution >= 4 is 39.2 Å². The smallest absolute Gasteiger partial charge is 0.263 e. The summed E-state index contributed by atoms with van der Waals surface area (Å²) in [5.41, 5.74) is 1.05. The molecule has 7 heteroatoms. The molecule has 28 heavy (non-hydrogen) atoms. The molecule has 1 saturated heterocycles. The molecule has 1 aliphatic rings. The third-order valence-electron chi connectivity index (χ3n) is 5.35. The molecule has 0 saturated carbocycles. The molecule has 0 bridgehead atoms. The summed E-state index contributed by atoms with van der Waals surface area (Å²) in [6.07, 6.45) is 1.18. The summed E-state index contributed by atoms with van der Waals surface area (Å²) in [6, 6.07) is 0. The zero-order chi connectivity index (χ0) is 20.6. The van der Waals surface area contributed by atoms with Crippen LogP contribution in [-0.4, -0.2) is 39.2 Å². The van der Waals surface area contributed by atoms with Gasteiger partial charge in [-0.25, -0.2) is 4.98 Å². The Bertz CT molecular complexity index is 922. The van der Waals surface area contributed by atoms with Crippen molar-refractivity contribution in [2.75, 3.05) is 18.8 Å². The van der Waals surface area contributed by atoms with E-state index in [0.29, 0.717) is 35.2 Å². The number of likely N-dealkylation sites (tertiary alicyclic amines) is 1. The first-order valence-corrected chi connectivity index (χ1v) is 11.9. The summed E-state index contributed by atoms with van der Waals surface area (Å²) < 4.78 is 1.77. The van der Waals surface area contributed by atoms with E-state index in [-0.39, 0.29) is 11.5 Å². The Morgan fingerprint density at radius 3 is 2.50 bits per heavy atom. The van der Waals surface area contributed by atoms with Crippen molar-refractivity contribution < 1.29 is 4.79 Å². The number of amides is 1. The molecule has 2 aromatic rings. The maximum absolute atomic E-state index is 13.2. The SMILES string of the molecule is Cc1sc2nc(SCC(=O)N3C[C@H](C)C[C@@H](C)C3)n(CC(C)C)c(=O)c2c1C. The van der Waals surface area contributed by atoms with Gasteiger partial charge >= 0.3 is 0 Å². The highest BCUT2D eigenvalue weighted by Crippen LogP contribution is 2.29. The number of aryl methyl sites for hydroxylation is 2. The Morgan fingerprint density at radius 2 is 1.89 bits per heavy atom. The highest BCUT2D eigenvalue weighted by Gasteiger charge is 2.26. The molecule has 1 fully saturated rings. The minimum absolute atomic E-state index is 0.0238. The summed E-state index contributed by atoms with van der Waals surface area (Å²) in [5.74, 6) is 1.90. The van der Waals surface area contributed by atoms with E-state index < -0.39 is 0 Å². The van der Waals surface area contributed by atoms with Gasteiger partial charge in [0.05, 0.1) is 11.1 Å². The molecule has 3 rings (SSSR count). The van der Waals surface area contributed by atoms with Gasteiger partial charge in [-0.1, -0.05) is 39.5 Å². The van der Waals surface area contributed by atoms with E-state index in [9.17, 15) is 9.59 Å². The van der Waals surface area contributed by atoms with Crippen molar-refractivity contribution in [1.29, 1.82) is 0 Å². The summed E-state index contributed by atoms with van der Waals surface area (Å²) in [5, 5.41) is 1.40. The number of thioether (sulfide) groups is 1. The lowest BCUT2D eigenvalue weighted by molar-refractivity contribution is -0.130. The lowest BCUT2D eigenvalue weighted by Crippen LogP contribution is -2.43. The van der Waals surface area contributed by atoms with E-state index in [1.54, 1.807) is 15.9 Å². The zero-order valence-electron chi connectivity index (χ0n) is 17.7. The van der Waals surface area contributed by atoms with Crippen LogP contribution < -0.4 is 5.56 Å². The lowest BCUT2D eigenvalue weighted by Gasteiger charge is -2.35. The predicted molar refractivity (Wildman–Crippen MR) is 118 cm³/mol. The van der Waals surface area contributed by atoms with Crippen molar-refractivity contribution in [3.63, 3.8) is 0 Å². The van der Waals surface area contributed by atoms with E-state index in [2.05, 4.69) is 27.7 Å². The van der Waals surface area contributed by atoms with Crippen LogP contribution in [0.15, 0.2) is 9.95 Å². The molecule has 1 amide bonds. The van der Waals surface area contributed by atoms with Crippen molar-refractivity contribution in [3.8, 4) is 0 Å². The third-order valence-corrected chi connectivity index (χ3v) is 7.41. The van der Waals surface area contributed by atoms with Crippen molar-refractivity contribution in [2.45, 2.75) is 59.7 Å². The van der Waals surface area contributed by atoms with Gasteiger partial charge in [-0.15, -0.1) is 11.3 Å². The van der Waals surface area contributed by atoms with Gasteiger partial charge in [0.2, 0.25) is 5.91 Å². The van der Waals surface area contributed by atoms with E-state index in [1.165, 1.54) is 18.2 Å². The van der Waals surface area contributed by atoms with Gasteiger partial charge in [0.1, 0.15) is 4.83 Å². The monoisotopic (exact) mass is 421 g/mol. The van der Waals surface area contributed by atoms with Crippen LogP contribution in [0.4, 0.5) is 0 Å². The number of carbonyl (C=O) groups is 1. The molecule has 3 heterocycles.